The topological polar surface area (TPSA) is 48.0 Å². The number of carbonyl (C=O) groups excluding carboxylic acids is 1. The van der Waals surface area contributed by atoms with E-state index in [1.54, 1.807) is 19.1 Å². The fourth-order valence-corrected chi connectivity index (χ4v) is 2.27. The van der Waals surface area contributed by atoms with Crippen LogP contribution in [0.4, 0.5) is 4.79 Å². The molecule has 1 amide bonds. The molecule has 1 fully saturated rings. The summed E-state index contributed by atoms with van der Waals surface area (Å²) in [6.07, 6.45) is 2.28. The molecule has 1 aliphatic rings. The Hall–Kier alpha value is -0.810. The van der Waals surface area contributed by atoms with E-state index in [4.69, 9.17) is 14.2 Å². The first kappa shape index (κ1) is 16.2. The van der Waals surface area contributed by atoms with Gasteiger partial charge in [0.25, 0.3) is 0 Å². The Morgan fingerprint density at radius 1 is 1.21 bits per heavy atom. The highest BCUT2D eigenvalue weighted by Gasteiger charge is 2.36. The van der Waals surface area contributed by atoms with Crippen LogP contribution in [-0.4, -0.2) is 56.1 Å². The van der Waals surface area contributed by atoms with Gasteiger partial charge < -0.3 is 19.1 Å². The molecule has 0 radical (unpaired) electrons. The minimum Gasteiger partial charge on any atom is -0.444 e. The molecule has 1 heterocycles. The lowest BCUT2D eigenvalue weighted by Crippen LogP contribution is -2.49. The highest BCUT2D eigenvalue weighted by Crippen LogP contribution is 2.29. The lowest BCUT2D eigenvalue weighted by molar-refractivity contribution is -0.0744. The van der Waals surface area contributed by atoms with E-state index in [2.05, 4.69) is 0 Å². The van der Waals surface area contributed by atoms with Crippen molar-refractivity contribution in [1.29, 1.82) is 0 Å². The van der Waals surface area contributed by atoms with Gasteiger partial charge in [-0.2, -0.15) is 0 Å². The number of amides is 1. The van der Waals surface area contributed by atoms with E-state index in [1.807, 2.05) is 20.8 Å². The summed E-state index contributed by atoms with van der Waals surface area (Å²) in [5.74, 6) is 0. The van der Waals surface area contributed by atoms with Gasteiger partial charge in [-0.05, 0) is 40.0 Å². The third kappa shape index (κ3) is 4.99. The van der Waals surface area contributed by atoms with Crippen LogP contribution in [0.3, 0.4) is 0 Å². The molecule has 112 valence electrons. The number of rotatable bonds is 4. The van der Waals surface area contributed by atoms with E-state index < -0.39 is 5.60 Å². The Morgan fingerprint density at radius 3 is 2.21 bits per heavy atom. The number of carbonyl (C=O) groups is 1. The molecule has 0 aromatic heterocycles. The molecule has 5 nitrogen and oxygen atoms in total. The molecule has 0 bridgehead atoms. The van der Waals surface area contributed by atoms with Gasteiger partial charge in [0.2, 0.25) is 0 Å². The number of hydrogen-bond donors (Lipinski definition) is 0. The van der Waals surface area contributed by atoms with Crippen molar-refractivity contribution in [1.82, 2.24) is 4.90 Å². The molecule has 0 aliphatic carbocycles. The SMILES string of the molecule is COCCC1(OC)CCN(C(=O)OC(C)(C)C)CC1. The van der Waals surface area contributed by atoms with E-state index in [9.17, 15) is 4.79 Å². The van der Waals surface area contributed by atoms with Crippen molar-refractivity contribution >= 4 is 6.09 Å². The molecular weight excluding hydrogens is 246 g/mol. The number of hydrogen-bond acceptors (Lipinski definition) is 4. The van der Waals surface area contributed by atoms with E-state index in [0.29, 0.717) is 19.7 Å². The summed E-state index contributed by atoms with van der Waals surface area (Å²) < 4.78 is 16.2. The summed E-state index contributed by atoms with van der Waals surface area (Å²) >= 11 is 0. The van der Waals surface area contributed by atoms with Gasteiger partial charge in [0.15, 0.2) is 0 Å². The monoisotopic (exact) mass is 273 g/mol. The van der Waals surface area contributed by atoms with Crippen molar-refractivity contribution in [2.45, 2.75) is 51.2 Å². The zero-order valence-corrected chi connectivity index (χ0v) is 12.8. The first-order valence-electron chi connectivity index (χ1n) is 6.84. The molecule has 0 aromatic carbocycles. The number of piperidine rings is 1. The van der Waals surface area contributed by atoms with Crippen LogP contribution in [0.1, 0.15) is 40.0 Å². The predicted octanol–water partition coefficient (Wildman–Crippen LogP) is 2.44. The summed E-state index contributed by atoms with van der Waals surface area (Å²) in [5.41, 5.74) is -0.600. The maximum Gasteiger partial charge on any atom is 0.410 e. The van der Waals surface area contributed by atoms with E-state index >= 15 is 0 Å². The molecule has 0 saturated carbocycles. The zero-order valence-electron chi connectivity index (χ0n) is 12.8. The van der Waals surface area contributed by atoms with Crippen molar-refractivity contribution in [3.8, 4) is 0 Å². The molecule has 1 rings (SSSR count). The molecule has 0 spiro atoms. The largest absolute Gasteiger partial charge is 0.444 e. The van der Waals surface area contributed by atoms with Crippen LogP contribution in [0, 0.1) is 0 Å². The van der Waals surface area contributed by atoms with E-state index in [-0.39, 0.29) is 11.7 Å². The molecular formula is C14H27NO4. The Morgan fingerprint density at radius 2 is 1.79 bits per heavy atom. The Kier molecular flexibility index (Phi) is 5.62. The minimum absolute atomic E-state index is 0.158. The maximum atomic E-state index is 12.0. The number of nitrogens with zero attached hydrogens (tertiary/aromatic N) is 1. The number of methoxy groups -OCH3 is 2. The molecule has 1 saturated heterocycles. The second-order valence-corrected chi connectivity index (χ2v) is 6.10. The van der Waals surface area contributed by atoms with Crippen molar-refractivity contribution in [3.63, 3.8) is 0 Å². The first-order chi connectivity index (χ1) is 8.82. The van der Waals surface area contributed by atoms with Gasteiger partial charge in [-0.25, -0.2) is 4.79 Å². The molecule has 5 heteroatoms. The second-order valence-electron chi connectivity index (χ2n) is 6.10. The van der Waals surface area contributed by atoms with Crippen LogP contribution in [0.2, 0.25) is 0 Å². The molecule has 0 N–H and O–H groups in total. The van der Waals surface area contributed by atoms with Gasteiger partial charge in [0.05, 0.1) is 5.60 Å². The van der Waals surface area contributed by atoms with Crippen LogP contribution in [-0.2, 0) is 14.2 Å². The smallest absolute Gasteiger partial charge is 0.410 e. The van der Waals surface area contributed by atoms with Crippen LogP contribution < -0.4 is 0 Å². The van der Waals surface area contributed by atoms with Crippen LogP contribution in [0.5, 0.6) is 0 Å². The highest BCUT2D eigenvalue weighted by molar-refractivity contribution is 5.68. The van der Waals surface area contributed by atoms with Gasteiger partial charge >= 0.3 is 6.09 Å². The van der Waals surface area contributed by atoms with Gasteiger partial charge in [-0.1, -0.05) is 0 Å². The minimum atomic E-state index is -0.442. The summed E-state index contributed by atoms with van der Waals surface area (Å²) in [6.45, 7) is 7.67. The third-order valence-corrected chi connectivity index (χ3v) is 3.52. The van der Waals surface area contributed by atoms with Gasteiger partial charge in [0, 0.05) is 33.9 Å². The van der Waals surface area contributed by atoms with Crippen molar-refractivity contribution in [2.75, 3.05) is 33.9 Å². The van der Waals surface area contributed by atoms with Gasteiger partial charge in [-0.3, -0.25) is 0 Å². The summed E-state index contributed by atoms with van der Waals surface area (Å²) in [5, 5.41) is 0. The second kappa shape index (κ2) is 6.57. The predicted molar refractivity (Wildman–Crippen MR) is 73.3 cm³/mol. The van der Waals surface area contributed by atoms with Crippen molar-refractivity contribution < 1.29 is 19.0 Å². The molecule has 0 atom stereocenters. The van der Waals surface area contributed by atoms with Gasteiger partial charge in [-0.15, -0.1) is 0 Å². The lowest BCUT2D eigenvalue weighted by Gasteiger charge is -2.41. The Bertz CT molecular complexity index is 290. The van der Waals surface area contributed by atoms with Crippen molar-refractivity contribution in [2.24, 2.45) is 0 Å². The van der Waals surface area contributed by atoms with Crippen molar-refractivity contribution in [3.05, 3.63) is 0 Å². The summed E-state index contributed by atoms with van der Waals surface area (Å²) in [6, 6.07) is 0. The standard InChI is InChI=1S/C14H27NO4/c1-13(2,3)19-12(16)15-9-6-14(18-5,7-10-15)8-11-17-4/h6-11H2,1-5H3. The summed E-state index contributed by atoms with van der Waals surface area (Å²) in [4.78, 5) is 13.7. The number of likely N-dealkylation sites (tertiary alicyclic amines) is 1. The molecule has 1 aliphatic heterocycles. The maximum absolute atomic E-state index is 12.0. The van der Waals surface area contributed by atoms with Crippen LogP contribution in [0.15, 0.2) is 0 Å². The van der Waals surface area contributed by atoms with E-state index in [0.717, 1.165) is 19.3 Å². The average Bonchev–Trinajstić information content (AvgIpc) is 2.35. The third-order valence-electron chi connectivity index (χ3n) is 3.52. The van der Waals surface area contributed by atoms with Crippen LogP contribution >= 0.6 is 0 Å². The zero-order chi connectivity index (χ0) is 14.5. The molecule has 0 unspecified atom stereocenters. The highest BCUT2D eigenvalue weighted by atomic mass is 16.6. The fourth-order valence-electron chi connectivity index (χ4n) is 2.27. The number of ether oxygens (including phenoxy) is 3. The quantitative estimate of drug-likeness (QED) is 0.789. The Labute approximate surface area is 116 Å². The molecule has 0 aromatic rings. The fraction of sp³-hybridized carbons (Fsp3) is 0.929. The van der Waals surface area contributed by atoms with Gasteiger partial charge in [0.1, 0.15) is 5.60 Å². The first-order valence-corrected chi connectivity index (χ1v) is 6.84. The summed E-state index contributed by atoms with van der Waals surface area (Å²) in [7, 11) is 3.43. The van der Waals surface area contributed by atoms with Crippen LogP contribution in [0.25, 0.3) is 0 Å². The lowest BCUT2D eigenvalue weighted by atomic mass is 9.88. The Balaban J connectivity index is 2.49. The normalized spacial score (nSPS) is 19.3. The average molecular weight is 273 g/mol. The van der Waals surface area contributed by atoms with E-state index in [1.165, 1.54) is 0 Å². The molecule has 19 heavy (non-hydrogen) atoms.